The molecule has 2 amide bonds. The molecule has 0 unspecified atom stereocenters. The first-order chi connectivity index (χ1) is 15.7. The number of anilines is 1. The minimum absolute atomic E-state index is 0.0561. The molecule has 0 aliphatic carbocycles. The van der Waals surface area contributed by atoms with Crippen LogP contribution in [0.25, 0.3) is 16.9 Å². The Bertz CT molecular complexity index is 1160. The van der Waals surface area contributed by atoms with Crippen molar-refractivity contribution in [1.29, 1.82) is 0 Å². The summed E-state index contributed by atoms with van der Waals surface area (Å²) in [5, 5.41) is 9.90. The smallest absolute Gasteiger partial charge is 0.422 e. The summed E-state index contributed by atoms with van der Waals surface area (Å²) in [4.78, 5) is 24.4. The van der Waals surface area contributed by atoms with E-state index in [4.69, 9.17) is 4.74 Å². The zero-order valence-electron chi connectivity index (χ0n) is 17.6. The minimum Gasteiger partial charge on any atom is -0.484 e. The number of amides is 2. The van der Waals surface area contributed by atoms with Gasteiger partial charge in [0.2, 0.25) is 11.8 Å². The Morgan fingerprint density at radius 2 is 1.94 bits per heavy atom. The van der Waals surface area contributed by atoms with Crippen LogP contribution in [-0.4, -0.2) is 40.9 Å². The van der Waals surface area contributed by atoms with Crippen LogP contribution < -0.4 is 15.4 Å². The summed E-state index contributed by atoms with van der Waals surface area (Å²) in [5.74, 6) is -1.19. The van der Waals surface area contributed by atoms with Gasteiger partial charge in [0.1, 0.15) is 5.75 Å². The van der Waals surface area contributed by atoms with Crippen molar-refractivity contribution in [3.8, 4) is 22.7 Å². The van der Waals surface area contributed by atoms with Crippen LogP contribution in [0.2, 0.25) is 0 Å². The summed E-state index contributed by atoms with van der Waals surface area (Å²) < 4.78 is 44.1. The third-order valence-corrected chi connectivity index (χ3v) is 5.34. The fourth-order valence-corrected chi connectivity index (χ4v) is 3.59. The molecule has 1 saturated heterocycles. The van der Waals surface area contributed by atoms with Gasteiger partial charge in [0.05, 0.1) is 17.3 Å². The molecule has 0 radical (unpaired) electrons. The number of nitrogens with one attached hydrogen (secondary N) is 2. The molecule has 0 saturated carbocycles. The van der Waals surface area contributed by atoms with E-state index in [1.54, 1.807) is 29.8 Å². The number of aromatic nitrogens is 2. The topological polar surface area (TPSA) is 85.3 Å². The van der Waals surface area contributed by atoms with Crippen LogP contribution in [-0.2, 0) is 9.59 Å². The van der Waals surface area contributed by atoms with Gasteiger partial charge >= 0.3 is 6.18 Å². The first kappa shape index (κ1) is 22.4. The third kappa shape index (κ3) is 5.16. The highest BCUT2D eigenvalue weighted by atomic mass is 19.4. The van der Waals surface area contributed by atoms with E-state index < -0.39 is 24.6 Å². The van der Waals surface area contributed by atoms with Gasteiger partial charge in [0.25, 0.3) is 0 Å². The summed E-state index contributed by atoms with van der Waals surface area (Å²) in [6.07, 6.45) is -4.45. The lowest BCUT2D eigenvalue weighted by Crippen LogP contribution is -2.28. The predicted octanol–water partition coefficient (Wildman–Crippen LogP) is 3.80. The van der Waals surface area contributed by atoms with E-state index in [0.29, 0.717) is 16.9 Å². The largest absolute Gasteiger partial charge is 0.484 e. The third-order valence-electron chi connectivity index (χ3n) is 5.34. The molecular formula is C23H21F3N4O3. The average molecular weight is 458 g/mol. The van der Waals surface area contributed by atoms with Crippen LogP contribution in [0.1, 0.15) is 6.92 Å². The molecule has 2 heterocycles. The number of hydrogen-bond acceptors (Lipinski definition) is 4. The molecule has 1 aliphatic rings. The highest BCUT2D eigenvalue weighted by Gasteiger charge is 2.36. The summed E-state index contributed by atoms with van der Waals surface area (Å²) >= 11 is 0. The van der Waals surface area contributed by atoms with Gasteiger partial charge in [-0.25, -0.2) is 4.68 Å². The molecule has 0 bridgehead atoms. The van der Waals surface area contributed by atoms with E-state index in [2.05, 4.69) is 15.7 Å². The first-order valence-electron chi connectivity index (χ1n) is 10.3. The van der Waals surface area contributed by atoms with Crippen LogP contribution in [0, 0.1) is 11.8 Å². The van der Waals surface area contributed by atoms with Crippen molar-refractivity contribution < 1.29 is 27.5 Å². The molecular weight excluding hydrogens is 437 g/mol. The number of carbonyl (C=O) groups is 2. The quantitative estimate of drug-likeness (QED) is 0.589. The van der Waals surface area contributed by atoms with E-state index in [-0.39, 0.29) is 29.9 Å². The van der Waals surface area contributed by atoms with Crippen molar-refractivity contribution in [3.05, 3.63) is 60.7 Å². The highest BCUT2D eigenvalue weighted by molar-refractivity contribution is 5.98. The van der Waals surface area contributed by atoms with E-state index in [1.165, 1.54) is 12.1 Å². The fraction of sp³-hybridized carbons (Fsp3) is 0.261. The van der Waals surface area contributed by atoms with Crippen molar-refractivity contribution in [3.63, 3.8) is 0 Å². The molecule has 4 rings (SSSR count). The number of carbonyl (C=O) groups excluding carboxylic acids is 2. The summed E-state index contributed by atoms with van der Waals surface area (Å²) in [6.45, 7) is 0.533. The maximum absolute atomic E-state index is 12.7. The van der Waals surface area contributed by atoms with Crippen molar-refractivity contribution in [2.75, 3.05) is 18.5 Å². The Morgan fingerprint density at radius 1 is 1.18 bits per heavy atom. The van der Waals surface area contributed by atoms with E-state index in [0.717, 1.165) is 0 Å². The lowest BCUT2D eigenvalue weighted by Gasteiger charge is -2.11. The molecule has 10 heteroatoms. The summed E-state index contributed by atoms with van der Waals surface area (Å²) in [5.41, 5.74) is 1.79. The van der Waals surface area contributed by atoms with Gasteiger partial charge in [-0.3, -0.25) is 9.59 Å². The van der Waals surface area contributed by atoms with E-state index in [1.807, 2.05) is 30.3 Å². The number of nitrogens with zero attached hydrogens (tertiary/aromatic N) is 2. The van der Waals surface area contributed by atoms with Crippen LogP contribution >= 0.6 is 0 Å². The lowest BCUT2D eigenvalue weighted by molar-refractivity contribution is -0.153. The monoisotopic (exact) mass is 458 g/mol. The SMILES string of the molecule is C[C@H]1C(=O)NC[C@@H]1C(=O)Nc1cc(-c2cccc(OCC(F)(F)F)c2)n(-c2ccccc2)n1. The zero-order chi connectivity index (χ0) is 23.6. The van der Waals surface area contributed by atoms with Crippen molar-refractivity contribution in [1.82, 2.24) is 15.1 Å². The number of hydrogen-bond donors (Lipinski definition) is 2. The summed E-state index contributed by atoms with van der Waals surface area (Å²) in [6, 6.07) is 16.9. The second kappa shape index (κ2) is 8.97. The molecule has 1 aromatic heterocycles. The molecule has 2 atom stereocenters. The Morgan fingerprint density at radius 3 is 2.61 bits per heavy atom. The number of para-hydroxylation sites is 1. The number of benzene rings is 2. The molecule has 2 N–H and O–H groups in total. The molecule has 7 nitrogen and oxygen atoms in total. The van der Waals surface area contributed by atoms with Crippen molar-refractivity contribution in [2.45, 2.75) is 13.1 Å². The Hall–Kier alpha value is -3.82. The lowest BCUT2D eigenvalue weighted by atomic mass is 9.97. The van der Waals surface area contributed by atoms with E-state index in [9.17, 15) is 22.8 Å². The average Bonchev–Trinajstić information content (AvgIpc) is 3.36. The Balaban J connectivity index is 1.65. The maximum Gasteiger partial charge on any atom is 0.422 e. The second-order valence-corrected chi connectivity index (χ2v) is 7.72. The van der Waals surface area contributed by atoms with Gasteiger partial charge in [-0.1, -0.05) is 37.3 Å². The van der Waals surface area contributed by atoms with Gasteiger partial charge < -0.3 is 15.4 Å². The number of alkyl halides is 3. The van der Waals surface area contributed by atoms with Gasteiger partial charge in [0.15, 0.2) is 12.4 Å². The van der Waals surface area contributed by atoms with Gasteiger partial charge in [-0.2, -0.15) is 13.2 Å². The Labute approximate surface area is 187 Å². The minimum atomic E-state index is -4.45. The number of rotatable bonds is 6. The predicted molar refractivity (Wildman–Crippen MR) is 115 cm³/mol. The molecule has 33 heavy (non-hydrogen) atoms. The van der Waals surface area contributed by atoms with Crippen LogP contribution in [0.3, 0.4) is 0 Å². The van der Waals surface area contributed by atoms with Crippen molar-refractivity contribution >= 4 is 17.6 Å². The Kier molecular flexibility index (Phi) is 6.08. The van der Waals surface area contributed by atoms with Gasteiger partial charge in [-0.05, 0) is 24.3 Å². The van der Waals surface area contributed by atoms with Gasteiger partial charge in [0, 0.05) is 24.1 Å². The standard InChI is InChI=1S/C23H21F3N4O3/c1-14-18(12-27-21(14)31)22(32)28-20-11-19(30(29-20)16-7-3-2-4-8-16)15-6-5-9-17(10-15)33-13-23(24,25)26/h2-11,14,18H,12-13H2,1H3,(H,27,31)(H,28,29,32)/t14-,18+/m1/s1. The molecule has 1 fully saturated rings. The highest BCUT2D eigenvalue weighted by Crippen LogP contribution is 2.30. The van der Waals surface area contributed by atoms with Crippen molar-refractivity contribution in [2.24, 2.45) is 11.8 Å². The zero-order valence-corrected chi connectivity index (χ0v) is 17.6. The van der Waals surface area contributed by atoms with Crippen LogP contribution in [0.4, 0.5) is 19.0 Å². The molecule has 0 spiro atoms. The molecule has 2 aromatic carbocycles. The normalized spacial score (nSPS) is 18.1. The van der Waals surface area contributed by atoms with E-state index >= 15 is 0 Å². The molecule has 172 valence electrons. The number of ether oxygens (including phenoxy) is 1. The molecule has 1 aliphatic heterocycles. The summed E-state index contributed by atoms with van der Waals surface area (Å²) in [7, 11) is 0. The number of halogens is 3. The second-order valence-electron chi connectivity index (χ2n) is 7.72. The molecule has 3 aromatic rings. The first-order valence-corrected chi connectivity index (χ1v) is 10.3. The van der Waals surface area contributed by atoms with Crippen LogP contribution in [0.5, 0.6) is 5.75 Å². The fourth-order valence-electron chi connectivity index (χ4n) is 3.59. The maximum atomic E-state index is 12.7. The van der Waals surface area contributed by atoms with Crippen LogP contribution in [0.15, 0.2) is 60.7 Å². The van der Waals surface area contributed by atoms with Gasteiger partial charge in [-0.15, -0.1) is 5.10 Å².